The van der Waals surface area contributed by atoms with Crippen LogP contribution >= 0.6 is 12.2 Å². The molecule has 7 heteroatoms. The molecule has 0 saturated heterocycles. The number of rotatable bonds is 9. The Morgan fingerprint density at radius 2 is 1.62 bits per heavy atom. The number of carbonyl (C=O) groups is 2. The number of benzene rings is 2. The molecule has 0 aliphatic rings. The third-order valence-corrected chi connectivity index (χ3v) is 4.47. The van der Waals surface area contributed by atoms with Gasteiger partial charge in [0, 0.05) is 7.05 Å². The van der Waals surface area contributed by atoms with Crippen LogP contribution in [0.3, 0.4) is 0 Å². The number of carbonyl (C=O) groups excluding carboxylic acids is 2. The fourth-order valence-electron chi connectivity index (χ4n) is 2.74. The lowest BCUT2D eigenvalue weighted by molar-refractivity contribution is 0.0960. The van der Waals surface area contributed by atoms with Gasteiger partial charge in [0.15, 0.2) is 5.11 Å². The summed E-state index contributed by atoms with van der Waals surface area (Å²) in [6, 6.07) is 14.0. The van der Waals surface area contributed by atoms with Gasteiger partial charge in [-0.3, -0.25) is 14.9 Å². The molecule has 0 fully saturated rings. The summed E-state index contributed by atoms with van der Waals surface area (Å²) in [5.74, 6) is -0.0943. The van der Waals surface area contributed by atoms with Crippen molar-refractivity contribution in [3.8, 4) is 5.75 Å². The molecule has 0 aliphatic carbocycles. The number of hydrogen-bond acceptors (Lipinski definition) is 4. The van der Waals surface area contributed by atoms with Crippen LogP contribution in [-0.2, 0) is 0 Å². The molecule has 0 unspecified atom stereocenters. The van der Waals surface area contributed by atoms with Gasteiger partial charge in [0.05, 0.1) is 23.4 Å². The van der Waals surface area contributed by atoms with E-state index in [2.05, 4.69) is 22.9 Å². The minimum atomic E-state index is -0.371. The molecule has 29 heavy (non-hydrogen) atoms. The maximum Gasteiger partial charge on any atom is 0.261 e. The number of anilines is 1. The summed E-state index contributed by atoms with van der Waals surface area (Å²) in [6.07, 6.45) is 4.37. The number of amides is 2. The Bertz CT molecular complexity index is 855. The Hall–Kier alpha value is -2.93. The third kappa shape index (κ3) is 6.87. The van der Waals surface area contributed by atoms with E-state index >= 15 is 0 Å². The fraction of sp³-hybridized carbons (Fsp3) is 0.318. The van der Waals surface area contributed by atoms with Gasteiger partial charge in [0.2, 0.25) is 0 Å². The minimum Gasteiger partial charge on any atom is -0.493 e. The molecule has 0 radical (unpaired) electrons. The van der Waals surface area contributed by atoms with Crippen LogP contribution < -0.4 is 20.7 Å². The predicted octanol–water partition coefficient (Wildman–Crippen LogP) is 4.13. The second-order valence-electron chi connectivity index (χ2n) is 6.44. The van der Waals surface area contributed by atoms with Gasteiger partial charge < -0.3 is 15.4 Å². The van der Waals surface area contributed by atoms with E-state index in [0.717, 1.165) is 19.3 Å². The topological polar surface area (TPSA) is 79.5 Å². The van der Waals surface area contributed by atoms with Crippen LogP contribution in [0.1, 0.15) is 53.3 Å². The zero-order valence-corrected chi connectivity index (χ0v) is 17.6. The molecule has 154 valence electrons. The number of unbranched alkanes of at least 4 members (excludes halogenated alkanes) is 3. The summed E-state index contributed by atoms with van der Waals surface area (Å²) >= 11 is 5.26. The summed E-state index contributed by atoms with van der Waals surface area (Å²) in [5.41, 5.74) is 1.35. The van der Waals surface area contributed by atoms with Crippen molar-refractivity contribution in [2.75, 3.05) is 19.0 Å². The molecule has 0 heterocycles. The molecule has 0 bridgehead atoms. The molecule has 0 aliphatic heterocycles. The average Bonchev–Trinajstić information content (AvgIpc) is 2.73. The summed E-state index contributed by atoms with van der Waals surface area (Å²) in [6.45, 7) is 2.72. The number of hydrogen-bond donors (Lipinski definition) is 3. The van der Waals surface area contributed by atoms with Gasteiger partial charge >= 0.3 is 0 Å². The average molecular weight is 414 g/mol. The van der Waals surface area contributed by atoms with E-state index in [-0.39, 0.29) is 16.9 Å². The normalized spacial score (nSPS) is 10.1. The van der Waals surface area contributed by atoms with Gasteiger partial charge in [0.1, 0.15) is 5.75 Å². The molecule has 0 atom stereocenters. The van der Waals surface area contributed by atoms with Crippen molar-refractivity contribution in [1.29, 1.82) is 0 Å². The van der Waals surface area contributed by atoms with E-state index in [0.29, 0.717) is 29.2 Å². The Labute approximate surface area is 177 Å². The van der Waals surface area contributed by atoms with Gasteiger partial charge in [-0.25, -0.2) is 0 Å². The number of ether oxygens (including phenoxy) is 1. The van der Waals surface area contributed by atoms with Crippen molar-refractivity contribution in [2.45, 2.75) is 32.6 Å². The molecular formula is C22H27N3O3S. The first-order valence-electron chi connectivity index (χ1n) is 9.72. The molecule has 0 saturated carbocycles. The molecule has 2 aromatic carbocycles. The van der Waals surface area contributed by atoms with E-state index in [1.54, 1.807) is 49.5 Å². The van der Waals surface area contributed by atoms with Crippen LogP contribution in [0.2, 0.25) is 0 Å². The van der Waals surface area contributed by atoms with Crippen LogP contribution in [0.25, 0.3) is 0 Å². The maximum atomic E-state index is 12.7. The summed E-state index contributed by atoms with van der Waals surface area (Å²) in [7, 11) is 1.55. The molecule has 2 rings (SSSR count). The first-order chi connectivity index (χ1) is 14.1. The quantitative estimate of drug-likeness (QED) is 0.425. The van der Waals surface area contributed by atoms with E-state index in [1.165, 1.54) is 6.42 Å². The Morgan fingerprint density at radius 3 is 2.34 bits per heavy atom. The molecule has 0 aromatic heterocycles. The Kier molecular flexibility index (Phi) is 9.11. The Balaban J connectivity index is 2.00. The van der Waals surface area contributed by atoms with Crippen LogP contribution in [0.15, 0.2) is 48.5 Å². The van der Waals surface area contributed by atoms with Crippen LogP contribution in [-0.4, -0.2) is 30.6 Å². The van der Waals surface area contributed by atoms with Gasteiger partial charge in [-0.15, -0.1) is 0 Å². The SMILES string of the molecule is CCCCCCOc1ccccc1C(=O)NC(=S)Nc1ccccc1C(=O)NC. The van der Waals surface area contributed by atoms with Crippen molar-refractivity contribution in [1.82, 2.24) is 10.6 Å². The van der Waals surface area contributed by atoms with Crippen molar-refractivity contribution >= 4 is 34.8 Å². The molecular weight excluding hydrogens is 386 g/mol. The molecule has 2 aromatic rings. The highest BCUT2D eigenvalue weighted by molar-refractivity contribution is 7.80. The lowest BCUT2D eigenvalue weighted by Gasteiger charge is -2.14. The highest BCUT2D eigenvalue weighted by atomic mass is 32.1. The van der Waals surface area contributed by atoms with Crippen molar-refractivity contribution in [3.63, 3.8) is 0 Å². The first kappa shape index (κ1) is 22.4. The highest BCUT2D eigenvalue weighted by Gasteiger charge is 2.15. The molecule has 0 spiro atoms. The second-order valence-corrected chi connectivity index (χ2v) is 6.85. The highest BCUT2D eigenvalue weighted by Crippen LogP contribution is 2.19. The number of thiocarbonyl (C=S) groups is 1. The smallest absolute Gasteiger partial charge is 0.261 e. The largest absolute Gasteiger partial charge is 0.493 e. The lowest BCUT2D eigenvalue weighted by atomic mass is 10.1. The van der Waals surface area contributed by atoms with E-state index in [1.807, 2.05) is 6.07 Å². The summed E-state index contributed by atoms with van der Waals surface area (Å²) in [4.78, 5) is 24.7. The predicted molar refractivity (Wildman–Crippen MR) is 120 cm³/mol. The second kappa shape index (κ2) is 11.8. The van der Waals surface area contributed by atoms with Gasteiger partial charge in [-0.2, -0.15) is 0 Å². The zero-order valence-electron chi connectivity index (χ0n) is 16.8. The molecule has 2 amide bonds. The summed E-state index contributed by atoms with van der Waals surface area (Å²) < 4.78 is 5.79. The van der Waals surface area contributed by atoms with E-state index in [4.69, 9.17) is 17.0 Å². The maximum absolute atomic E-state index is 12.7. The third-order valence-electron chi connectivity index (χ3n) is 4.26. The minimum absolute atomic E-state index is 0.101. The first-order valence-corrected chi connectivity index (χ1v) is 10.1. The van der Waals surface area contributed by atoms with E-state index in [9.17, 15) is 9.59 Å². The summed E-state index contributed by atoms with van der Waals surface area (Å²) in [5, 5.41) is 8.24. The fourth-order valence-corrected chi connectivity index (χ4v) is 2.94. The number of nitrogens with one attached hydrogen (secondary N) is 3. The molecule has 3 N–H and O–H groups in total. The van der Waals surface area contributed by atoms with Crippen molar-refractivity contribution < 1.29 is 14.3 Å². The van der Waals surface area contributed by atoms with Crippen LogP contribution in [0, 0.1) is 0 Å². The van der Waals surface area contributed by atoms with Crippen LogP contribution in [0.5, 0.6) is 5.75 Å². The Morgan fingerprint density at radius 1 is 0.931 bits per heavy atom. The van der Waals surface area contributed by atoms with Gasteiger partial charge in [-0.05, 0) is 42.9 Å². The van der Waals surface area contributed by atoms with Gasteiger partial charge in [-0.1, -0.05) is 50.5 Å². The zero-order chi connectivity index (χ0) is 21.1. The van der Waals surface area contributed by atoms with Crippen molar-refractivity contribution in [3.05, 3.63) is 59.7 Å². The standard InChI is InChI=1S/C22H27N3O3S/c1-3-4-5-10-15-28-19-14-9-7-12-17(19)21(27)25-22(29)24-18-13-8-6-11-16(18)20(26)23-2/h6-9,11-14H,3-5,10,15H2,1-2H3,(H,23,26)(H2,24,25,27,29). The molecule has 6 nitrogen and oxygen atoms in total. The van der Waals surface area contributed by atoms with Gasteiger partial charge in [0.25, 0.3) is 11.8 Å². The van der Waals surface area contributed by atoms with Crippen LogP contribution in [0.4, 0.5) is 5.69 Å². The van der Waals surface area contributed by atoms with E-state index < -0.39 is 0 Å². The monoisotopic (exact) mass is 413 g/mol. The lowest BCUT2D eigenvalue weighted by Crippen LogP contribution is -2.35. The number of para-hydroxylation sites is 2. The van der Waals surface area contributed by atoms with Crippen molar-refractivity contribution in [2.24, 2.45) is 0 Å².